The smallest absolute Gasteiger partial charge is 0.257 e. The summed E-state index contributed by atoms with van der Waals surface area (Å²) in [6, 6.07) is 1.37. The fourth-order valence-corrected chi connectivity index (χ4v) is 2.05. The molecule has 2 N–H and O–H groups in total. The lowest BCUT2D eigenvalue weighted by Gasteiger charge is -2.08. The molecule has 0 amide bonds. The van der Waals surface area contributed by atoms with Crippen molar-refractivity contribution in [3.8, 4) is 12.3 Å². The van der Waals surface area contributed by atoms with Crippen molar-refractivity contribution in [1.29, 1.82) is 0 Å². The van der Waals surface area contributed by atoms with Gasteiger partial charge in [0.05, 0.1) is 0 Å². The molecule has 7 nitrogen and oxygen atoms in total. The van der Waals surface area contributed by atoms with Crippen molar-refractivity contribution in [2.75, 3.05) is 0 Å². The van der Waals surface area contributed by atoms with Gasteiger partial charge < -0.3 is 0 Å². The van der Waals surface area contributed by atoms with E-state index < -0.39 is 10.0 Å². The molecule has 1 aliphatic rings. The minimum Gasteiger partial charge on any atom is -0.271 e. The Morgan fingerprint density at radius 2 is 2.17 bits per heavy atom. The van der Waals surface area contributed by atoms with E-state index in [9.17, 15) is 8.42 Å². The highest BCUT2D eigenvalue weighted by molar-refractivity contribution is 7.89. The second kappa shape index (κ2) is 4.51. The summed E-state index contributed by atoms with van der Waals surface area (Å²) in [5, 5.41) is 16.7. The van der Waals surface area contributed by atoms with Gasteiger partial charge in [-0.25, -0.2) is 13.6 Å². The number of aryl methyl sites for hydroxylation is 1. The molecule has 0 atom stereocenters. The van der Waals surface area contributed by atoms with Crippen molar-refractivity contribution in [3.05, 3.63) is 12.3 Å². The van der Waals surface area contributed by atoms with Crippen LogP contribution in [0.15, 0.2) is 27.5 Å². The van der Waals surface area contributed by atoms with E-state index >= 15 is 0 Å². The first-order valence-electron chi connectivity index (χ1n) is 5.39. The topological polar surface area (TPSA) is 103 Å². The predicted octanol–water partition coefficient (Wildman–Crippen LogP) is 0.496. The normalized spacial score (nSPS) is 16.4. The van der Waals surface area contributed by atoms with E-state index in [0.717, 1.165) is 0 Å². The standard InChI is InChI=1S/C10H13N5O2S/c1-2-3-5-10(13-14-10)6-8-15-7-4-9(12-15)18(11,16)17/h1,4,7H,3,5-6,8H2,(H2,11,16,17). The summed E-state index contributed by atoms with van der Waals surface area (Å²) in [4.78, 5) is 0. The quantitative estimate of drug-likeness (QED) is 0.759. The molecule has 0 aromatic carbocycles. The van der Waals surface area contributed by atoms with Crippen LogP contribution in [0.2, 0.25) is 0 Å². The second-order valence-corrected chi connectivity index (χ2v) is 5.61. The number of aromatic nitrogens is 2. The Morgan fingerprint density at radius 1 is 1.44 bits per heavy atom. The van der Waals surface area contributed by atoms with Crippen molar-refractivity contribution < 1.29 is 8.42 Å². The van der Waals surface area contributed by atoms with Gasteiger partial charge in [-0.1, -0.05) is 0 Å². The molecule has 0 saturated heterocycles. The molecule has 1 aromatic rings. The van der Waals surface area contributed by atoms with Gasteiger partial charge in [-0.15, -0.1) is 12.3 Å². The third kappa shape index (κ3) is 2.94. The summed E-state index contributed by atoms with van der Waals surface area (Å²) in [6.07, 6.45) is 8.74. The predicted molar refractivity (Wildman–Crippen MR) is 63.9 cm³/mol. The number of terminal acetylenes is 1. The fourth-order valence-electron chi connectivity index (χ4n) is 1.58. The van der Waals surface area contributed by atoms with Gasteiger partial charge in [0.2, 0.25) is 0 Å². The minimum absolute atomic E-state index is 0.134. The molecule has 2 rings (SSSR count). The molecule has 0 aliphatic carbocycles. The molecule has 0 saturated carbocycles. The summed E-state index contributed by atoms with van der Waals surface area (Å²) >= 11 is 0. The summed E-state index contributed by atoms with van der Waals surface area (Å²) in [6.45, 7) is 0.521. The number of hydrogen-bond donors (Lipinski definition) is 1. The fraction of sp³-hybridized carbons (Fsp3) is 0.500. The summed E-state index contributed by atoms with van der Waals surface area (Å²) in [5.41, 5.74) is -0.389. The Balaban J connectivity index is 1.92. The highest BCUT2D eigenvalue weighted by Gasteiger charge is 2.38. The molecular formula is C10H13N5O2S. The zero-order chi connectivity index (χ0) is 13.2. The van der Waals surface area contributed by atoms with Gasteiger partial charge in [-0.2, -0.15) is 15.3 Å². The Hall–Kier alpha value is -1.72. The van der Waals surface area contributed by atoms with E-state index in [2.05, 4.69) is 21.2 Å². The summed E-state index contributed by atoms with van der Waals surface area (Å²) < 4.78 is 23.6. The molecule has 0 fully saturated rings. The number of rotatable bonds is 6. The Morgan fingerprint density at radius 3 is 2.67 bits per heavy atom. The molecule has 18 heavy (non-hydrogen) atoms. The maximum Gasteiger partial charge on any atom is 0.257 e. The highest BCUT2D eigenvalue weighted by atomic mass is 32.2. The molecular weight excluding hydrogens is 254 g/mol. The number of sulfonamides is 1. The Labute approximate surface area is 105 Å². The SMILES string of the molecule is C#CCCC1(CCn2ccc(S(N)(=O)=O)n2)N=N1. The average molecular weight is 267 g/mol. The van der Waals surface area contributed by atoms with Crippen molar-refractivity contribution in [3.63, 3.8) is 0 Å². The van der Waals surface area contributed by atoms with Crippen LogP contribution in [0.5, 0.6) is 0 Å². The monoisotopic (exact) mass is 267 g/mol. The van der Waals surface area contributed by atoms with Gasteiger partial charge in [-0.05, 0) is 6.07 Å². The zero-order valence-corrected chi connectivity index (χ0v) is 10.5. The Kier molecular flexibility index (Phi) is 3.19. The second-order valence-electron chi connectivity index (χ2n) is 4.10. The van der Waals surface area contributed by atoms with Crippen LogP contribution >= 0.6 is 0 Å². The van der Waals surface area contributed by atoms with Crippen LogP contribution in [-0.2, 0) is 16.6 Å². The van der Waals surface area contributed by atoms with Crippen LogP contribution in [0.1, 0.15) is 19.3 Å². The molecule has 0 bridgehead atoms. The van der Waals surface area contributed by atoms with Gasteiger partial charge in [-0.3, -0.25) is 4.68 Å². The number of primary sulfonamides is 1. The maximum absolute atomic E-state index is 11.0. The first-order valence-corrected chi connectivity index (χ1v) is 6.94. The molecule has 0 spiro atoms. The van der Waals surface area contributed by atoms with E-state index in [-0.39, 0.29) is 10.7 Å². The average Bonchev–Trinajstić information content (AvgIpc) is 2.89. The molecule has 2 heterocycles. The lowest BCUT2D eigenvalue weighted by molar-refractivity contribution is 0.446. The van der Waals surface area contributed by atoms with Gasteiger partial charge in [0, 0.05) is 32.0 Å². The van der Waals surface area contributed by atoms with Gasteiger partial charge in [0.25, 0.3) is 10.0 Å². The molecule has 1 aliphatic heterocycles. The van der Waals surface area contributed by atoms with Crippen LogP contribution in [0.25, 0.3) is 0 Å². The van der Waals surface area contributed by atoms with Crippen molar-refractivity contribution >= 4 is 10.0 Å². The first kappa shape index (κ1) is 12.7. The largest absolute Gasteiger partial charge is 0.271 e. The van der Waals surface area contributed by atoms with Crippen LogP contribution < -0.4 is 5.14 Å². The van der Waals surface area contributed by atoms with E-state index in [1.165, 1.54) is 10.7 Å². The molecule has 0 radical (unpaired) electrons. The number of hydrogen-bond acceptors (Lipinski definition) is 5. The minimum atomic E-state index is -3.74. The van der Waals surface area contributed by atoms with Crippen molar-refractivity contribution in [1.82, 2.24) is 9.78 Å². The molecule has 0 unspecified atom stereocenters. The maximum atomic E-state index is 11.0. The van der Waals surface area contributed by atoms with E-state index in [0.29, 0.717) is 25.8 Å². The van der Waals surface area contributed by atoms with E-state index in [4.69, 9.17) is 11.6 Å². The van der Waals surface area contributed by atoms with Crippen LogP contribution in [0, 0.1) is 12.3 Å². The van der Waals surface area contributed by atoms with E-state index in [1.54, 1.807) is 6.20 Å². The van der Waals surface area contributed by atoms with Gasteiger partial charge >= 0.3 is 0 Å². The van der Waals surface area contributed by atoms with Gasteiger partial charge in [0.1, 0.15) is 0 Å². The van der Waals surface area contributed by atoms with Crippen LogP contribution in [0.3, 0.4) is 0 Å². The third-order valence-electron chi connectivity index (χ3n) is 2.70. The lowest BCUT2D eigenvalue weighted by atomic mass is 10.0. The lowest BCUT2D eigenvalue weighted by Crippen LogP contribution is -2.16. The number of nitrogens with two attached hydrogens (primary N) is 1. The van der Waals surface area contributed by atoms with Crippen molar-refractivity contribution in [2.45, 2.75) is 36.5 Å². The summed E-state index contributed by atoms with van der Waals surface area (Å²) in [7, 11) is -3.74. The summed E-state index contributed by atoms with van der Waals surface area (Å²) in [5.74, 6) is 2.55. The molecule has 1 aromatic heterocycles. The molecule has 96 valence electrons. The highest BCUT2D eigenvalue weighted by Crippen LogP contribution is 2.36. The molecule has 8 heteroatoms. The third-order valence-corrected chi connectivity index (χ3v) is 3.50. The van der Waals surface area contributed by atoms with E-state index in [1.807, 2.05) is 0 Å². The van der Waals surface area contributed by atoms with Crippen LogP contribution in [0.4, 0.5) is 0 Å². The van der Waals surface area contributed by atoms with Crippen molar-refractivity contribution in [2.24, 2.45) is 15.4 Å². The Bertz CT molecular complexity index is 604. The van der Waals surface area contributed by atoms with Crippen LogP contribution in [-0.4, -0.2) is 23.9 Å². The number of nitrogens with zero attached hydrogens (tertiary/aromatic N) is 4. The van der Waals surface area contributed by atoms with Gasteiger partial charge in [0.15, 0.2) is 10.7 Å². The first-order chi connectivity index (χ1) is 8.45. The zero-order valence-electron chi connectivity index (χ0n) is 9.65.